The number of hydrogen-bond acceptors (Lipinski definition) is 3. The molecule has 0 saturated heterocycles. The summed E-state index contributed by atoms with van der Waals surface area (Å²) in [5.41, 5.74) is 4.28. The van der Waals surface area contributed by atoms with Gasteiger partial charge < -0.3 is 5.32 Å². The van der Waals surface area contributed by atoms with Crippen molar-refractivity contribution in [3.8, 4) is 0 Å². The van der Waals surface area contributed by atoms with Crippen LogP contribution in [0.3, 0.4) is 0 Å². The fraction of sp³-hybridized carbons (Fsp3) is 0.312. The first-order valence-corrected chi connectivity index (χ1v) is 6.73. The summed E-state index contributed by atoms with van der Waals surface area (Å²) in [5, 5.41) is 2.92. The van der Waals surface area contributed by atoms with E-state index in [9.17, 15) is 4.79 Å². The van der Waals surface area contributed by atoms with E-state index in [1.165, 1.54) is 0 Å². The summed E-state index contributed by atoms with van der Waals surface area (Å²) in [6, 6.07) is 5.92. The van der Waals surface area contributed by atoms with Gasteiger partial charge >= 0.3 is 0 Å². The van der Waals surface area contributed by atoms with E-state index < -0.39 is 0 Å². The van der Waals surface area contributed by atoms with E-state index in [0.29, 0.717) is 19.4 Å². The predicted octanol–water partition coefficient (Wildman–Crippen LogP) is 2.34. The van der Waals surface area contributed by atoms with Gasteiger partial charge in [0.2, 0.25) is 5.91 Å². The third-order valence-electron chi connectivity index (χ3n) is 3.25. The van der Waals surface area contributed by atoms with Gasteiger partial charge in [-0.25, -0.2) is 0 Å². The van der Waals surface area contributed by atoms with Gasteiger partial charge in [0.1, 0.15) is 0 Å². The number of hydrogen-bond donors (Lipinski definition) is 1. The number of pyridine rings is 2. The Morgan fingerprint density at radius 3 is 2.80 bits per heavy atom. The third-order valence-corrected chi connectivity index (χ3v) is 3.25. The molecule has 20 heavy (non-hydrogen) atoms. The minimum atomic E-state index is 0.0482. The standard InChI is InChI=1S/C16H19N3O/c1-12-8-15(10-18-13(12)2)11-19-16(20)6-5-14-4-3-7-17-9-14/h3-4,7-10H,5-6,11H2,1-2H3,(H,19,20). The number of rotatable bonds is 5. The fourth-order valence-electron chi connectivity index (χ4n) is 1.89. The van der Waals surface area contributed by atoms with E-state index in [-0.39, 0.29) is 5.91 Å². The van der Waals surface area contributed by atoms with Crippen molar-refractivity contribution in [2.45, 2.75) is 33.2 Å². The number of carbonyl (C=O) groups excluding carboxylic acids is 1. The summed E-state index contributed by atoms with van der Waals surface area (Å²) in [5.74, 6) is 0.0482. The Morgan fingerprint density at radius 1 is 1.25 bits per heavy atom. The summed E-state index contributed by atoms with van der Waals surface area (Å²) in [6.07, 6.45) is 6.52. The average Bonchev–Trinajstić information content (AvgIpc) is 2.47. The predicted molar refractivity (Wildman–Crippen MR) is 78.1 cm³/mol. The van der Waals surface area contributed by atoms with Crippen molar-refractivity contribution in [3.63, 3.8) is 0 Å². The Labute approximate surface area is 119 Å². The monoisotopic (exact) mass is 269 g/mol. The molecule has 0 aliphatic heterocycles. The molecule has 2 aromatic heterocycles. The first kappa shape index (κ1) is 14.2. The van der Waals surface area contributed by atoms with Crippen LogP contribution in [-0.2, 0) is 17.8 Å². The van der Waals surface area contributed by atoms with Crippen molar-refractivity contribution in [2.75, 3.05) is 0 Å². The van der Waals surface area contributed by atoms with Gasteiger partial charge in [0.25, 0.3) is 0 Å². The van der Waals surface area contributed by atoms with E-state index in [0.717, 1.165) is 22.4 Å². The first-order valence-electron chi connectivity index (χ1n) is 6.73. The SMILES string of the molecule is Cc1cc(CNC(=O)CCc2cccnc2)cnc1C. The molecular weight excluding hydrogens is 250 g/mol. The van der Waals surface area contributed by atoms with Crippen LogP contribution >= 0.6 is 0 Å². The molecule has 2 heterocycles. The number of aryl methyl sites for hydroxylation is 3. The molecular formula is C16H19N3O. The summed E-state index contributed by atoms with van der Waals surface area (Å²) in [4.78, 5) is 20.1. The Balaban J connectivity index is 1.79. The van der Waals surface area contributed by atoms with Crippen LogP contribution in [0.15, 0.2) is 36.8 Å². The van der Waals surface area contributed by atoms with Crippen molar-refractivity contribution in [3.05, 3.63) is 59.2 Å². The molecule has 0 aliphatic carbocycles. The summed E-state index contributed by atoms with van der Waals surface area (Å²) in [6.45, 7) is 4.53. The molecule has 0 spiro atoms. The van der Waals surface area contributed by atoms with Crippen LogP contribution < -0.4 is 5.32 Å². The number of nitrogens with one attached hydrogen (secondary N) is 1. The van der Waals surface area contributed by atoms with Gasteiger partial charge in [0, 0.05) is 37.3 Å². The van der Waals surface area contributed by atoms with Crippen LogP contribution in [-0.4, -0.2) is 15.9 Å². The molecule has 0 fully saturated rings. The molecule has 1 N–H and O–H groups in total. The molecule has 104 valence electrons. The summed E-state index contributed by atoms with van der Waals surface area (Å²) in [7, 11) is 0. The van der Waals surface area contributed by atoms with Crippen LogP contribution in [0.4, 0.5) is 0 Å². The van der Waals surface area contributed by atoms with Crippen LogP contribution in [0.2, 0.25) is 0 Å². The van der Waals surface area contributed by atoms with Crippen molar-refractivity contribution < 1.29 is 4.79 Å². The minimum Gasteiger partial charge on any atom is -0.352 e. The van der Waals surface area contributed by atoms with Crippen molar-refractivity contribution >= 4 is 5.91 Å². The second kappa shape index (κ2) is 6.80. The van der Waals surface area contributed by atoms with Gasteiger partial charge in [0.05, 0.1) is 0 Å². The maximum atomic E-state index is 11.8. The highest BCUT2D eigenvalue weighted by Gasteiger charge is 2.03. The fourth-order valence-corrected chi connectivity index (χ4v) is 1.89. The lowest BCUT2D eigenvalue weighted by atomic mass is 10.1. The van der Waals surface area contributed by atoms with Gasteiger partial charge in [0.15, 0.2) is 0 Å². The van der Waals surface area contributed by atoms with E-state index in [4.69, 9.17) is 0 Å². The van der Waals surface area contributed by atoms with E-state index in [1.54, 1.807) is 12.4 Å². The molecule has 0 bridgehead atoms. The van der Waals surface area contributed by atoms with Crippen LogP contribution in [0.1, 0.15) is 28.8 Å². The quantitative estimate of drug-likeness (QED) is 0.906. The molecule has 4 heteroatoms. The number of carbonyl (C=O) groups is 1. The molecule has 0 unspecified atom stereocenters. The first-order chi connectivity index (χ1) is 9.65. The molecule has 2 aromatic rings. The Morgan fingerprint density at radius 2 is 2.10 bits per heavy atom. The summed E-state index contributed by atoms with van der Waals surface area (Å²) >= 11 is 0. The van der Waals surface area contributed by atoms with Gasteiger partial charge in [-0.2, -0.15) is 0 Å². The molecule has 0 saturated carbocycles. The van der Waals surface area contributed by atoms with Crippen molar-refractivity contribution in [2.24, 2.45) is 0 Å². The second-order valence-corrected chi connectivity index (χ2v) is 4.88. The zero-order valence-electron chi connectivity index (χ0n) is 11.9. The number of amides is 1. The largest absolute Gasteiger partial charge is 0.352 e. The molecule has 1 amide bonds. The maximum absolute atomic E-state index is 11.8. The van der Waals surface area contributed by atoms with Gasteiger partial charge in [-0.1, -0.05) is 12.1 Å². The maximum Gasteiger partial charge on any atom is 0.220 e. The van der Waals surface area contributed by atoms with E-state index in [2.05, 4.69) is 21.4 Å². The van der Waals surface area contributed by atoms with Gasteiger partial charge in [-0.05, 0) is 43.0 Å². The number of aromatic nitrogens is 2. The third kappa shape index (κ3) is 4.16. The van der Waals surface area contributed by atoms with Gasteiger partial charge in [-0.15, -0.1) is 0 Å². The number of nitrogens with zero attached hydrogens (tertiary/aromatic N) is 2. The highest BCUT2D eigenvalue weighted by atomic mass is 16.1. The lowest BCUT2D eigenvalue weighted by Gasteiger charge is -2.07. The molecule has 0 aliphatic rings. The molecule has 0 atom stereocenters. The Bertz CT molecular complexity index is 582. The summed E-state index contributed by atoms with van der Waals surface area (Å²) < 4.78 is 0. The normalized spacial score (nSPS) is 10.3. The smallest absolute Gasteiger partial charge is 0.220 e. The lowest BCUT2D eigenvalue weighted by molar-refractivity contribution is -0.121. The second-order valence-electron chi connectivity index (χ2n) is 4.88. The lowest BCUT2D eigenvalue weighted by Crippen LogP contribution is -2.23. The van der Waals surface area contributed by atoms with Crippen LogP contribution in [0.25, 0.3) is 0 Å². The highest BCUT2D eigenvalue weighted by molar-refractivity contribution is 5.76. The Hall–Kier alpha value is -2.23. The van der Waals surface area contributed by atoms with Crippen molar-refractivity contribution in [1.82, 2.24) is 15.3 Å². The molecule has 0 aromatic carbocycles. The van der Waals surface area contributed by atoms with Crippen LogP contribution in [0, 0.1) is 13.8 Å². The van der Waals surface area contributed by atoms with E-state index in [1.807, 2.05) is 32.2 Å². The minimum absolute atomic E-state index is 0.0482. The average molecular weight is 269 g/mol. The van der Waals surface area contributed by atoms with E-state index >= 15 is 0 Å². The zero-order chi connectivity index (χ0) is 14.4. The van der Waals surface area contributed by atoms with Crippen LogP contribution in [0.5, 0.6) is 0 Å². The molecule has 2 rings (SSSR count). The zero-order valence-corrected chi connectivity index (χ0v) is 11.9. The molecule has 4 nitrogen and oxygen atoms in total. The van der Waals surface area contributed by atoms with Crippen molar-refractivity contribution in [1.29, 1.82) is 0 Å². The topological polar surface area (TPSA) is 54.9 Å². The molecule has 0 radical (unpaired) electrons. The van der Waals surface area contributed by atoms with Gasteiger partial charge in [-0.3, -0.25) is 14.8 Å². The Kier molecular flexibility index (Phi) is 4.82. The highest BCUT2D eigenvalue weighted by Crippen LogP contribution is 2.06.